The van der Waals surface area contributed by atoms with Crippen LogP contribution in [0.4, 0.5) is 0 Å². The van der Waals surface area contributed by atoms with Gasteiger partial charge in [0.1, 0.15) is 0 Å². The molecule has 0 saturated carbocycles. The van der Waals surface area contributed by atoms with Crippen LogP contribution in [-0.2, 0) is 19.5 Å². The third kappa shape index (κ3) is 2.31. The summed E-state index contributed by atoms with van der Waals surface area (Å²) in [6, 6.07) is 0. The third-order valence-electron chi connectivity index (χ3n) is 3.66. The van der Waals surface area contributed by atoms with E-state index in [2.05, 4.69) is 31.6 Å². The molecule has 5 heteroatoms. The van der Waals surface area contributed by atoms with Gasteiger partial charge in [-0.15, -0.1) is 0 Å². The first-order valence-electron chi connectivity index (χ1n) is 6.54. The van der Waals surface area contributed by atoms with Crippen LogP contribution in [0.2, 0.25) is 0 Å². The highest BCUT2D eigenvalue weighted by Crippen LogP contribution is 2.19. The number of hydrogen-bond acceptors (Lipinski definition) is 3. The molecule has 1 aliphatic heterocycles. The van der Waals surface area contributed by atoms with Crippen LogP contribution in [0.1, 0.15) is 23.4 Å². The van der Waals surface area contributed by atoms with Crippen LogP contribution in [0, 0.1) is 6.92 Å². The molecule has 2 aromatic heterocycles. The molecule has 0 fully saturated rings. The number of rotatable bonds is 4. The summed E-state index contributed by atoms with van der Waals surface area (Å²) >= 11 is 0. The number of aromatic amines is 1. The molecule has 0 bridgehead atoms. The lowest BCUT2D eigenvalue weighted by Gasteiger charge is -2.26. The van der Waals surface area contributed by atoms with Crippen molar-refractivity contribution in [2.24, 2.45) is 0 Å². The number of nitrogens with zero attached hydrogens (tertiary/aromatic N) is 4. The van der Waals surface area contributed by atoms with Crippen molar-refractivity contribution >= 4 is 0 Å². The molecule has 1 N–H and O–H groups in total. The molecule has 0 saturated heterocycles. The van der Waals surface area contributed by atoms with Gasteiger partial charge >= 0.3 is 0 Å². The van der Waals surface area contributed by atoms with Crippen LogP contribution >= 0.6 is 0 Å². The molecule has 5 nitrogen and oxygen atoms in total. The molecule has 0 radical (unpaired) electrons. The summed E-state index contributed by atoms with van der Waals surface area (Å²) < 4.78 is 2.14. The average Bonchev–Trinajstić information content (AvgIpc) is 3.01. The van der Waals surface area contributed by atoms with Gasteiger partial charge in [-0.2, -0.15) is 5.10 Å². The number of nitrogens with one attached hydrogen (secondary N) is 1. The summed E-state index contributed by atoms with van der Waals surface area (Å²) in [5.41, 5.74) is 3.89. The van der Waals surface area contributed by atoms with Gasteiger partial charge in [0.15, 0.2) is 0 Å². The Bertz CT molecular complexity index is 499. The largest absolute Gasteiger partial charge is 0.337 e. The van der Waals surface area contributed by atoms with E-state index in [9.17, 15) is 0 Å². The van der Waals surface area contributed by atoms with Crippen molar-refractivity contribution in [1.82, 2.24) is 24.6 Å². The summed E-state index contributed by atoms with van der Waals surface area (Å²) in [6.07, 6.45) is 7.98. The quantitative estimate of drug-likeness (QED) is 0.885. The molecular formula is C13H19N5. The second kappa shape index (κ2) is 4.94. The van der Waals surface area contributed by atoms with Crippen molar-refractivity contribution in [3.63, 3.8) is 0 Å². The number of hydrogen-bond donors (Lipinski definition) is 1. The zero-order valence-electron chi connectivity index (χ0n) is 10.8. The Morgan fingerprint density at radius 1 is 1.39 bits per heavy atom. The van der Waals surface area contributed by atoms with Gasteiger partial charge in [0.2, 0.25) is 0 Å². The molecule has 96 valence electrons. The van der Waals surface area contributed by atoms with Gasteiger partial charge in [-0.1, -0.05) is 0 Å². The van der Waals surface area contributed by atoms with E-state index in [-0.39, 0.29) is 0 Å². The fraction of sp³-hybridized carbons (Fsp3) is 0.538. The highest BCUT2D eigenvalue weighted by molar-refractivity contribution is 5.26. The minimum Gasteiger partial charge on any atom is -0.337 e. The lowest BCUT2D eigenvalue weighted by atomic mass is 10.1. The first kappa shape index (κ1) is 11.5. The molecule has 18 heavy (non-hydrogen) atoms. The number of imidazole rings is 1. The van der Waals surface area contributed by atoms with Gasteiger partial charge in [-0.3, -0.25) is 10.00 Å². The number of fused-ring (bicyclic) bond motifs is 1. The van der Waals surface area contributed by atoms with Crippen molar-refractivity contribution < 1.29 is 0 Å². The highest BCUT2D eigenvalue weighted by atomic mass is 15.2. The second-order valence-electron chi connectivity index (χ2n) is 4.95. The van der Waals surface area contributed by atoms with Crippen molar-refractivity contribution in [1.29, 1.82) is 0 Å². The highest BCUT2D eigenvalue weighted by Gasteiger charge is 2.19. The third-order valence-corrected chi connectivity index (χ3v) is 3.66. The first-order chi connectivity index (χ1) is 8.83. The molecule has 0 aromatic carbocycles. The topological polar surface area (TPSA) is 49.7 Å². The van der Waals surface area contributed by atoms with Gasteiger partial charge in [-0.25, -0.2) is 4.98 Å². The summed E-state index contributed by atoms with van der Waals surface area (Å²) in [7, 11) is 0. The van der Waals surface area contributed by atoms with Gasteiger partial charge in [0.05, 0.1) is 12.0 Å². The molecule has 1 aliphatic rings. The van der Waals surface area contributed by atoms with Crippen LogP contribution in [0.3, 0.4) is 0 Å². The van der Waals surface area contributed by atoms with E-state index in [0.717, 1.165) is 32.6 Å². The molecule has 0 amide bonds. The van der Waals surface area contributed by atoms with E-state index in [1.165, 1.54) is 23.4 Å². The van der Waals surface area contributed by atoms with Crippen LogP contribution in [0.15, 0.2) is 18.7 Å². The molecule has 2 aromatic rings. The predicted octanol–water partition coefficient (Wildman–Crippen LogP) is 1.36. The van der Waals surface area contributed by atoms with Crippen LogP contribution in [-0.4, -0.2) is 37.7 Å². The van der Waals surface area contributed by atoms with E-state index >= 15 is 0 Å². The molecule has 0 unspecified atom stereocenters. The molecule has 3 heterocycles. The number of H-pyrrole nitrogens is 1. The van der Waals surface area contributed by atoms with E-state index in [4.69, 9.17) is 0 Å². The van der Waals surface area contributed by atoms with E-state index in [1.54, 1.807) is 0 Å². The summed E-state index contributed by atoms with van der Waals surface area (Å²) in [5.74, 6) is 0. The lowest BCUT2D eigenvalue weighted by molar-refractivity contribution is 0.245. The normalized spacial score (nSPS) is 15.8. The Morgan fingerprint density at radius 2 is 2.33 bits per heavy atom. The number of aromatic nitrogens is 4. The predicted molar refractivity (Wildman–Crippen MR) is 69.1 cm³/mol. The standard InChI is InChI=1S/C13H19N5/c1-11-12-9-17(7-3-13(12)16-15-11)5-2-6-18-8-4-14-10-18/h4,8,10H,2-3,5-7,9H2,1H3,(H,15,16). The van der Waals surface area contributed by atoms with E-state index < -0.39 is 0 Å². The van der Waals surface area contributed by atoms with Crippen LogP contribution < -0.4 is 0 Å². The van der Waals surface area contributed by atoms with Crippen molar-refractivity contribution in [3.05, 3.63) is 35.7 Å². The summed E-state index contributed by atoms with van der Waals surface area (Å²) in [4.78, 5) is 6.57. The smallest absolute Gasteiger partial charge is 0.0945 e. The maximum Gasteiger partial charge on any atom is 0.0945 e. The molecule has 0 aliphatic carbocycles. The van der Waals surface area contributed by atoms with E-state index in [1.807, 2.05) is 18.7 Å². The minimum atomic E-state index is 1.04. The average molecular weight is 245 g/mol. The Balaban J connectivity index is 1.52. The Morgan fingerprint density at radius 3 is 3.17 bits per heavy atom. The zero-order valence-corrected chi connectivity index (χ0v) is 10.8. The van der Waals surface area contributed by atoms with Gasteiger partial charge in [0, 0.05) is 56.3 Å². The SMILES string of the molecule is Cc1[nH]nc2c1CN(CCCn1ccnc1)CC2. The fourth-order valence-corrected chi connectivity index (χ4v) is 2.57. The fourth-order valence-electron chi connectivity index (χ4n) is 2.57. The Hall–Kier alpha value is -1.62. The molecule has 0 spiro atoms. The summed E-state index contributed by atoms with van der Waals surface area (Å²) in [6.45, 7) is 6.47. The number of aryl methyl sites for hydroxylation is 2. The monoisotopic (exact) mass is 245 g/mol. The molecule has 0 atom stereocenters. The molecular weight excluding hydrogens is 226 g/mol. The maximum atomic E-state index is 4.35. The zero-order chi connectivity index (χ0) is 12.4. The first-order valence-corrected chi connectivity index (χ1v) is 6.54. The van der Waals surface area contributed by atoms with Gasteiger partial charge < -0.3 is 4.57 Å². The Kier molecular flexibility index (Phi) is 3.15. The van der Waals surface area contributed by atoms with Crippen LogP contribution in [0.5, 0.6) is 0 Å². The maximum absolute atomic E-state index is 4.35. The summed E-state index contributed by atoms with van der Waals surface area (Å²) in [5, 5.41) is 7.44. The van der Waals surface area contributed by atoms with E-state index in [0.29, 0.717) is 0 Å². The van der Waals surface area contributed by atoms with Gasteiger partial charge in [-0.05, 0) is 13.3 Å². The molecule has 3 rings (SSSR count). The van der Waals surface area contributed by atoms with Crippen molar-refractivity contribution in [2.75, 3.05) is 13.1 Å². The minimum absolute atomic E-state index is 1.04. The van der Waals surface area contributed by atoms with Crippen molar-refractivity contribution in [2.45, 2.75) is 32.9 Å². The second-order valence-corrected chi connectivity index (χ2v) is 4.95. The van der Waals surface area contributed by atoms with Crippen molar-refractivity contribution in [3.8, 4) is 0 Å². The lowest BCUT2D eigenvalue weighted by Crippen LogP contribution is -2.31. The Labute approximate surface area is 107 Å². The van der Waals surface area contributed by atoms with Crippen LogP contribution in [0.25, 0.3) is 0 Å². The van der Waals surface area contributed by atoms with Gasteiger partial charge in [0.25, 0.3) is 0 Å².